The monoisotopic (exact) mass is 625 g/mol. The van der Waals surface area contributed by atoms with Crippen LogP contribution in [0.1, 0.15) is 45.2 Å². The molecule has 3 rings (SSSR count). The molecule has 0 bridgehead atoms. The van der Waals surface area contributed by atoms with E-state index in [4.69, 9.17) is 14.2 Å². The number of benzene rings is 3. The van der Waals surface area contributed by atoms with Crippen molar-refractivity contribution in [2.24, 2.45) is 0 Å². The standard InChI is InChI=1S/C33H43N3O7S/c1-8-29(33(38)34-23(3)4)35(21-25-13-11-10-12-24(25)5)32(37)22-36(26-14-16-27(17-15-26)43-9-2)44(39,40)28-18-19-30(41-6)31(20-28)42-7/h10-20,23,29H,8-9,21-22H2,1-7H3,(H,34,38). The highest BCUT2D eigenvalue weighted by Crippen LogP contribution is 2.33. The number of sulfonamides is 1. The van der Waals surface area contributed by atoms with Gasteiger partial charge < -0.3 is 24.4 Å². The van der Waals surface area contributed by atoms with Gasteiger partial charge in [0.05, 0.1) is 31.4 Å². The highest BCUT2D eigenvalue weighted by atomic mass is 32.2. The predicted octanol–water partition coefficient (Wildman–Crippen LogP) is 4.94. The Kier molecular flexibility index (Phi) is 12.0. The van der Waals surface area contributed by atoms with Gasteiger partial charge in [0, 0.05) is 18.7 Å². The van der Waals surface area contributed by atoms with Crippen LogP contribution in [0.15, 0.2) is 71.6 Å². The average molecular weight is 626 g/mol. The summed E-state index contributed by atoms with van der Waals surface area (Å²) in [4.78, 5) is 29.0. The molecule has 2 amide bonds. The van der Waals surface area contributed by atoms with Crippen LogP contribution in [0, 0.1) is 6.92 Å². The number of anilines is 1. The van der Waals surface area contributed by atoms with Crippen LogP contribution in [-0.4, -0.2) is 64.6 Å². The predicted molar refractivity (Wildman–Crippen MR) is 171 cm³/mol. The second-order valence-corrected chi connectivity index (χ2v) is 12.4. The minimum atomic E-state index is -4.31. The first kappa shape index (κ1) is 34.2. The van der Waals surface area contributed by atoms with Crippen molar-refractivity contribution in [2.45, 2.75) is 64.6 Å². The Hall–Kier alpha value is -4.25. The van der Waals surface area contributed by atoms with Crippen molar-refractivity contribution < 1.29 is 32.2 Å². The van der Waals surface area contributed by atoms with E-state index in [1.807, 2.05) is 58.9 Å². The Morgan fingerprint density at radius 2 is 1.57 bits per heavy atom. The number of aryl methyl sites for hydroxylation is 1. The normalized spacial score (nSPS) is 11.9. The van der Waals surface area contributed by atoms with Crippen molar-refractivity contribution in [3.8, 4) is 17.2 Å². The van der Waals surface area contributed by atoms with Crippen molar-refractivity contribution in [1.29, 1.82) is 0 Å². The van der Waals surface area contributed by atoms with Crippen molar-refractivity contribution in [3.05, 3.63) is 77.9 Å². The van der Waals surface area contributed by atoms with Gasteiger partial charge in [-0.25, -0.2) is 8.42 Å². The number of nitrogens with one attached hydrogen (secondary N) is 1. The van der Waals surface area contributed by atoms with Gasteiger partial charge >= 0.3 is 0 Å². The van der Waals surface area contributed by atoms with Crippen molar-refractivity contribution in [1.82, 2.24) is 10.2 Å². The third-order valence-electron chi connectivity index (χ3n) is 7.08. The zero-order chi connectivity index (χ0) is 32.4. The summed E-state index contributed by atoms with van der Waals surface area (Å²) in [6.45, 7) is 9.32. The summed E-state index contributed by atoms with van der Waals surface area (Å²) in [6, 6.07) is 17.4. The van der Waals surface area contributed by atoms with Crippen LogP contribution in [0.5, 0.6) is 17.2 Å². The molecular weight excluding hydrogens is 582 g/mol. The summed E-state index contributed by atoms with van der Waals surface area (Å²) in [5.41, 5.74) is 2.06. The number of hydrogen-bond acceptors (Lipinski definition) is 7. The third kappa shape index (κ3) is 8.22. The molecule has 0 aliphatic heterocycles. The quantitative estimate of drug-likeness (QED) is 0.255. The summed E-state index contributed by atoms with van der Waals surface area (Å²) in [5.74, 6) is 0.311. The zero-order valence-corrected chi connectivity index (χ0v) is 27.3. The number of carbonyl (C=O) groups excluding carboxylic acids is 2. The molecule has 0 fully saturated rings. The Morgan fingerprint density at radius 1 is 0.909 bits per heavy atom. The van der Waals surface area contributed by atoms with Crippen LogP contribution < -0.4 is 23.8 Å². The summed E-state index contributed by atoms with van der Waals surface area (Å²) in [7, 11) is -1.44. The van der Waals surface area contributed by atoms with E-state index in [-0.39, 0.29) is 34.8 Å². The number of ether oxygens (including phenoxy) is 3. The molecule has 0 radical (unpaired) electrons. The van der Waals surface area contributed by atoms with Gasteiger partial charge in [0.25, 0.3) is 10.0 Å². The molecule has 0 aliphatic carbocycles. The molecule has 1 atom stereocenters. The van der Waals surface area contributed by atoms with Gasteiger partial charge in [-0.15, -0.1) is 0 Å². The van der Waals surface area contributed by atoms with Crippen molar-refractivity contribution >= 4 is 27.5 Å². The van der Waals surface area contributed by atoms with Crippen LogP contribution in [-0.2, 0) is 26.2 Å². The van der Waals surface area contributed by atoms with Gasteiger partial charge in [-0.3, -0.25) is 13.9 Å². The lowest BCUT2D eigenvalue weighted by molar-refractivity contribution is -0.140. The summed E-state index contributed by atoms with van der Waals surface area (Å²) >= 11 is 0. The summed E-state index contributed by atoms with van der Waals surface area (Å²) < 4.78 is 45.7. The smallest absolute Gasteiger partial charge is 0.264 e. The number of carbonyl (C=O) groups is 2. The molecule has 3 aromatic rings. The lowest BCUT2D eigenvalue weighted by Crippen LogP contribution is -2.53. The Labute approximate surface area is 261 Å². The van der Waals surface area contributed by atoms with E-state index < -0.39 is 28.5 Å². The molecule has 1 N–H and O–H groups in total. The lowest BCUT2D eigenvalue weighted by atomic mass is 10.1. The van der Waals surface area contributed by atoms with Gasteiger partial charge in [0.1, 0.15) is 18.3 Å². The molecule has 44 heavy (non-hydrogen) atoms. The molecule has 0 saturated carbocycles. The van der Waals surface area contributed by atoms with E-state index in [1.54, 1.807) is 24.3 Å². The molecule has 11 heteroatoms. The fraction of sp³-hybridized carbons (Fsp3) is 0.394. The highest BCUT2D eigenvalue weighted by Gasteiger charge is 2.34. The molecule has 1 unspecified atom stereocenters. The van der Waals surface area contributed by atoms with E-state index >= 15 is 0 Å². The van der Waals surface area contributed by atoms with Crippen molar-refractivity contribution in [3.63, 3.8) is 0 Å². The van der Waals surface area contributed by atoms with Crippen LogP contribution >= 0.6 is 0 Å². The lowest BCUT2D eigenvalue weighted by Gasteiger charge is -2.34. The Balaban J connectivity index is 2.12. The Morgan fingerprint density at radius 3 is 2.14 bits per heavy atom. The molecule has 0 aromatic heterocycles. The zero-order valence-electron chi connectivity index (χ0n) is 26.5. The maximum absolute atomic E-state index is 14.3. The van der Waals surface area contributed by atoms with Crippen LogP contribution in [0.4, 0.5) is 5.69 Å². The average Bonchev–Trinajstić information content (AvgIpc) is 3.00. The highest BCUT2D eigenvalue weighted by molar-refractivity contribution is 7.92. The first-order chi connectivity index (χ1) is 21.0. The fourth-order valence-electron chi connectivity index (χ4n) is 4.78. The van der Waals surface area contributed by atoms with Crippen LogP contribution in [0.25, 0.3) is 0 Å². The largest absolute Gasteiger partial charge is 0.494 e. The summed E-state index contributed by atoms with van der Waals surface area (Å²) in [5, 5.41) is 2.91. The van der Waals surface area contributed by atoms with Gasteiger partial charge in [-0.1, -0.05) is 31.2 Å². The van der Waals surface area contributed by atoms with E-state index in [9.17, 15) is 18.0 Å². The summed E-state index contributed by atoms with van der Waals surface area (Å²) in [6.07, 6.45) is 0.335. The SMILES string of the molecule is CCOc1ccc(N(CC(=O)N(Cc2ccccc2C)C(CC)C(=O)NC(C)C)S(=O)(=O)c2ccc(OC)c(OC)c2)cc1. The minimum Gasteiger partial charge on any atom is -0.494 e. The topological polar surface area (TPSA) is 114 Å². The molecule has 0 saturated heterocycles. The van der Waals surface area contributed by atoms with Gasteiger partial charge in [-0.2, -0.15) is 0 Å². The van der Waals surface area contributed by atoms with E-state index in [1.165, 1.54) is 37.3 Å². The Bertz CT molecular complexity index is 1520. The second kappa shape index (κ2) is 15.5. The molecule has 10 nitrogen and oxygen atoms in total. The number of nitrogens with zero attached hydrogens (tertiary/aromatic N) is 2. The van der Waals surface area contributed by atoms with E-state index in [0.717, 1.165) is 15.4 Å². The number of hydrogen-bond donors (Lipinski definition) is 1. The molecule has 0 spiro atoms. The third-order valence-corrected chi connectivity index (χ3v) is 8.85. The number of rotatable bonds is 15. The number of methoxy groups -OCH3 is 2. The maximum Gasteiger partial charge on any atom is 0.264 e. The van der Waals surface area contributed by atoms with Crippen LogP contribution in [0.2, 0.25) is 0 Å². The first-order valence-corrected chi connectivity index (χ1v) is 16.0. The van der Waals surface area contributed by atoms with Gasteiger partial charge in [0.2, 0.25) is 11.8 Å². The molecule has 0 aliphatic rings. The van der Waals surface area contributed by atoms with Crippen LogP contribution in [0.3, 0.4) is 0 Å². The van der Waals surface area contributed by atoms with Gasteiger partial charge in [-0.05, 0) is 81.6 Å². The first-order valence-electron chi connectivity index (χ1n) is 14.6. The number of amides is 2. The van der Waals surface area contributed by atoms with E-state index in [2.05, 4.69) is 5.32 Å². The van der Waals surface area contributed by atoms with Crippen molar-refractivity contribution in [2.75, 3.05) is 31.7 Å². The molecule has 238 valence electrons. The molecule has 0 heterocycles. The maximum atomic E-state index is 14.3. The van der Waals surface area contributed by atoms with Gasteiger partial charge in [0.15, 0.2) is 11.5 Å². The van der Waals surface area contributed by atoms with E-state index in [0.29, 0.717) is 24.5 Å². The molecular formula is C33H43N3O7S. The minimum absolute atomic E-state index is 0.0909. The fourth-order valence-corrected chi connectivity index (χ4v) is 6.21. The molecule has 3 aromatic carbocycles. The second-order valence-electron chi connectivity index (χ2n) is 10.5.